The van der Waals surface area contributed by atoms with E-state index in [1.807, 2.05) is 86.8 Å². The minimum absolute atomic E-state index is 0.138. The molecule has 0 saturated carbocycles. The number of hydrogen-bond donors (Lipinski definition) is 2. The molecule has 5 nitrogen and oxygen atoms in total. The fraction of sp³-hybridized carbons (Fsp3) is 0.185. The van der Waals surface area contributed by atoms with Crippen LogP contribution in [-0.4, -0.2) is 16.1 Å². The monoisotopic (exact) mass is 458 g/mol. The smallest absolute Gasteiger partial charge is 0.223 e. The van der Waals surface area contributed by atoms with E-state index in [-0.39, 0.29) is 6.10 Å². The summed E-state index contributed by atoms with van der Waals surface area (Å²) in [6.07, 6.45) is 2.61. The second-order valence-electron chi connectivity index (χ2n) is 8.01. The molecule has 0 unspecified atom stereocenters. The van der Waals surface area contributed by atoms with Gasteiger partial charge in [0.2, 0.25) is 5.95 Å². The Morgan fingerprint density at radius 2 is 1.61 bits per heavy atom. The minimum atomic E-state index is 0.138. The maximum Gasteiger partial charge on any atom is 0.223 e. The van der Waals surface area contributed by atoms with Crippen molar-refractivity contribution >= 4 is 28.9 Å². The molecule has 0 bridgehead atoms. The highest BCUT2D eigenvalue weighted by molar-refractivity contribution is 6.30. The fourth-order valence-electron chi connectivity index (χ4n) is 3.36. The van der Waals surface area contributed by atoms with Crippen LogP contribution in [0.1, 0.15) is 30.7 Å². The van der Waals surface area contributed by atoms with E-state index in [9.17, 15) is 0 Å². The van der Waals surface area contributed by atoms with Crippen molar-refractivity contribution in [2.75, 3.05) is 10.6 Å². The lowest BCUT2D eigenvalue weighted by molar-refractivity contribution is 0.242. The van der Waals surface area contributed by atoms with Gasteiger partial charge in [0, 0.05) is 23.7 Å². The molecule has 0 aliphatic carbocycles. The molecule has 4 aromatic rings. The Balaban J connectivity index is 1.55. The molecule has 168 valence electrons. The van der Waals surface area contributed by atoms with Gasteiger partial charge in [-0.05, 0) is 61.4 Å². The summed E-state index contributed by atoms with van der Waals surface area (Å²) in [5.41, 5.74) is 4.98. The first-order valence-electron chi connectivity index (χ1n) is 11.0. The summed E-state index contributed by atoms with van der Waals surface area (Å²) >= 11 is 6.06. The van der Waals surface area contributed by atoms with Crippen LogP contribution >= 0.6 is 11.6 Å². The number of anilines is 3. The van der Waals surface area contributed by atoms with E-state index >= 15 is 0 Å². The molecule has 2 N–H and O–H groups in total. The van der Waals surface area contributed by atoms with E-state index in [0.717, 1.165) is 28.4 Å². The van der Waals surface area contributed by atoms with Gasteiger partial charge in [-0.25, -0.2) is 9.97 Å². The van der Waals surface area contributed by atoms with E-state index in [1.165, 1.54) is 5.56 Å². The number of benzene rings is 3. The van der Waals surface area contributed by atoms with Gasteiger partial charge in [-0.3, -0.25) is 0 Å². The Labute approximate surface area is 199 Å². The Kier molecular flexibility index (Phi) is 7.43. The zero-order chi connectivity index (χ0) is 23.0. The second kappa shape index (κ2) is 10.8. The maximum absolute atomic E-state index is 6.06. The van der Waals surface area contributed by atoms with Crippen molar-refractivity contribution in [3.63, 3.8) is 0 Å². The van der Waals surface area contributed by atoms with E-state index in [0.29, 0.717) is 23.9 Å². The zero-order valence-corrected chi connectivity index (χ0v) is 19.5. The van der Waals surface area contributed by atoms with Crippen LogP contribution in [0.15, 0.2) is 85.1 Å². The molecule has 0 radical (unpaired) electrons. The molecule has 0 amide bonds. The van der Waals surface area contributed by atoms with Crippen molar-refractivity contribution in [3.05, 3.63) is 107 Å². The summed E-state index contributed by atoms with van der Waals surface area (Å²) < 4.78 is 5.74. The lowest BCUT2D eigenvalue weighted by Gasteiger charge is -2.14. The van der Waals surface area contributed by atoms with Gasteiger partial charge in [-0.15, -0.1) is 0 Å². The van der Waals surface area contributed by atoms with Crippen LogP contribution < -0.4 is 15.4 Å². The van der Waals surface area contributed by atoms with Crippen LogP contribution in [0.5, 0.6) is 5.75 Å². The first-order chi connectivity index (χ1) is 16.0. The first-order valence-corrected chi connectivity index (χ1v) is 11.3. The molecule has 1 aromatic heterocycles. The summed E-state index contributed by atoms with van der Waals surface area (Å²) in [4.78, 5) is 9.35. The average Bonchev–Trinajstić information content (AvgIpc) is 2.82. The predicted octanol–water partition coefficient (Wildman–Crippen LogP) is 6.86. The van der Waals surface area contributed by atoms with Gasteiger partial charge in [-0.1, -0.05) is 54.1 Å². The van der Waals surface area contributed by atoms with Crippen LogP contribution in [0.4, 0.5) is 17.3 Å². The summed E-state index contributed by atoms with van der Waals surface area (Å²) in [7, 11) is 0. The van der Waals surface area contributed by atoms with Gasteiger partial charge < -0.3 is 15.4 Å². The van der Waals surface area contributed by atoms with Crippen molar-refractivity contribution in [1.29, 1.82) is 0 Å². The molecule has 3 aromatic carbocycles. The highest BCUT2D eigenvalue weighted by Crippen LogP contribution is 2.25. The average molecular weight is 459 g/mol. The van der Waals surface area contributed by atoms with Crippen molar-refractivity contribution in [3.8, 4) is 5.75 Å². The molecular formula is C27H27ClN4O. The van der Waals surface area contributed by atoms with Gasteiger partial charge in [0.1, 0.15) is 5.75 Å². The third-order valence-corrected chi connectivity index (χ3v) is 5.20. The van der Waals surface area contributed by atoms with Gasteiger partial charge in [0.15, 0.2) is 0 Å². The lowest BCUT2D eigenvalue weighted by atomic mass is 10.1. The molecule has 0 fully saturated rings. The van der Waals surface area contributed by atoms with Crippen molar-refractivity contribution < 1.29 is 4.74 Å². The third kappa shape index (κ3) is 6.70. The molecule has 4 rings (SSSR count). The van der Waals surface area contributed by atoms with Gasteiger partial charge >= 0.3 is 0 Å². The highest BCUT2D eigenvalue weighted by atomic mass is 35.5. The van der Waals surface area contributed by atoms with Crippen molar-refractivity contribution in [2.24, 2.45) is 0 Å². The normalized spacial score (nSPS) is 10.8. The number of halogens is 1. The molecule has 6 heteroatoms. The minimum Gasteiger partial charge on any atom is -0.491 e. The van der Waals surface area contributed by atoms with Crippen LogP contribution in [0, 0.1) is 0 Å². The van der Waals surface area contributed by atoms with Crippen molar-refractivity contribution in [1.82, 2.24) is 9.97 Å². The largest absolute Gasteiger partial charge is 0.491 e. The number of ether oxygens (including phenoxy) is 1. The Bertz CT molecular complexity index is 1160. The molecule has 0 aliphatic rings. The first kappa shape index (κ1) is 22.6. The molecule has 33 heavy (non-hydrogen) atoms. The van der Waals surface area contributed by atoms with E-state index in [1.54, 1.807) is 0 Å². The molecule has 0 atom stereocenters. The van der Waals surface area contributed by atoms with E-state index < -0.39 is 0 Å². The highest BCUT2D eigenvalue weighted by Gasteiger charge is 2.10. The number of hydrogen-bond acceptors (Lipinski definition) is 5. The quantitative estimate of drug-likeness (QED) is 0.287. The standard InChI is InChI=1S/C27H27ClN4O/c1-19(2)33-24-14-12-23(13-15-24)31-26-18-30-27(29-17-21-6-4-3-5-7-21)32-25(26)16-20-8-10-22(28)11-9-20/h3-15,18-19,31H,16-17H2,1-2H3,(H,29,30,32). The summed E-state index contributed by atoms with van der Waals surface area (Å²) in [6.45, 7) is 4.69. The number of nitrogens with one attached hydrogen (secondary N) is 2. The van der Waals surface area contributed by atoms with Gasteiger partial charge in [-0.2, -0.15) is 0 Å². The summed E-state index contributed by atoms with van der Waals surface area (Å²) in [6, 6.07) is 25.9. The van der Waals surface area contributed by atoms with E-state index in [4.69, 9.17) is 21.3 Å². The van der Waals surface area contributed by atoms with Crippen LogP contribution in [0.3, 0.4) is 0 Å². The molecule has 0 spiro atoms. The van der Waals surface area contributed by atoms with Crippen LogP contribution in [-0.2, 0) is 13.0 Å². The van der Waals surface area contributed by atoms with Crippen LogP contribution in [0.2, 0.25) is 5.02 Å². The third-order valence-electron chi connectivity index (χ3n) is 4.95. The Morgan fingerprint density at radius 1 is 0.879 bits per heavy atom. The predicted molar refractivity (Wildman–Crippen MR) is 136 cm³/mol. The molecule has 0 saturated heterocycles. The summed E-state index contributed by atoms with van der Waals surface area (Å²) in [5, 5.41) is 7.49. The van der Waals surface area contributed by atoms with Gasteiger partial charge in [0.25, 0.3) is 0 Å². The van der Waals surface area contributed by atoms with Gasteiger partial charge in [0.05, 0.1) is 23.7 Å². The molecule has 1 heterocycles. The lowest BCUT2D eigenvalue weighted by Crippen LogP contribution is -2.08. The summed E-state index contributed by atoms with van der Waals surface area (Å²) in [5.74, 6) is 1.43. The second-order valence-corrected chi connectivity index (χ2v) is 8.45. The Hall–Kier alpha value is -3.57. The van der Waals surface area contributed by atoms with Crippen LogP contribution in [0.25, 0.3) is 0 Å². The molecular weight excluding hydrogens is 432 g/mol. The van der Waals surface area contributed by atoms with Crippen molar-refractivity contribution in [2.45, 2.75) is 32.9 Å². The number of rotatable bonds is 9. The fourth-order valence-corrected chi connectivity index (χ4v) is 3.48. The number of aromatic nitrogens is 2. The Morgan fingerprint density at radius 3 is 2.30 bits per heavy atom. The zero-order valence-electron chi connectivity index (χ0n) is 18.8. The SMILES string of the molecule is CC(C)Oc1ccc(Nc2cnc(NCc3ccccc3)nc2Cc2ccc(Cl)cc2)cc1. The number of nitrogens with zero attached hydrogens (tertiary/aromatic N) is 2. The topological polar surface area (TPSA) is 59.1 Å². The molecule has 0 aliphatic heterocycles. The maximum atomic E-state index is 6.06. The van der Waals surface area contributed by atoms with E-state index in [2.05, 4.69) is 27.8 Å².